The largest absolute Gasteiger partial charge is 0.444 e. The van der Waals surface area contributed by atoms with Gasteiger partial charge in [0.1, 0.15) is 23.7 Å². The summed E-state index contributed by atoms with van der Waals surface area (Å²) in [4.78, 5) is 35.1. The molecule has 6 nitrogen and oxygen atoms in total. The number of rotatable bonds is 3. The van der Waals surface area contributed by atoms with Crippen LogP contribution >= 0.6 is 0 Å². The van der Waals surface area contributed by atoms with Gasteiger partial charge in [-0.25, -0.2) is 4.79 Å². The van der Waals surface area contributed by atoms with E-state index in [1.54, 1.807) is 35.0 Å². The van der Waals surface area contributed by atoms with Gasteiger partial charge >= 0.3 is 6.09 Å². The summed E-state index contributed by atoms with van der Waals surface area (Å²) >= 11 is 0. The van der Waals surface area contributed by atoms with Crippen LogP contribution in [0.3, 0.4) is 0 Å². The zero-order valence-corrected chi connectivity index (χ0v) is 13.0. The van der Waals surface area contributed by atoms with E-state index in [1.807, 2.05) is 0 Å². The van der Waals surface area contributed by atoms with Crippen molar-refractivity contribution in [3.8, 4) is 0 Å². The first-order valence-electron chi connectivity index (χ1n) is 6.57. The molecule has 0 saturated carbocycles. The number of amides is 1. The molecule has 6 heteroatoms. The van der Waals surface area contributed by atoms with Gasteiger partial charge in [0.25, 0.3) is 0 Å². The molecule has 0 spiro atoms. The fourth-order valence-corrected chi connectivity index (χ4v) is 2.02. The quantitative estimate of drug-likeness (QED) is 0.740. The molecule has 20 heavy (non-hydrogen) atoms. The molecule has 1 fully saturated rings. The van der Waals surface area contributed by atoms with Crippen molar-refractivity contribution in [2.45, 2.75) is 51.2 Å². The fraction of sp³-hybridized carbons (Fsp3) is 0.786. The fourth-order valence-electron chi connectivity index (χ4n) is 2.02. The summed E-state index contributed by atoms with van der Waals surface area (Å²) in [5, 5.41) is 0. The molecular weight excluding hydrogens is 262 g/mol. The van der Waals surface area contributed by atoms with Crippen LogP contribution in [0.2, 0.25) is 0 Å². The summed E-state index contributed by atoms with van der Waals surface area (Å²) in [5.41, 5.74) is -1.60. The predicted octanol–water partition coefficient (Wildman–Crippen LogP) is 1.81. The van der Waals surface area contributed by atoms with Crippen molar-refractivity contribution in [2.24, 2.45) is 0 Å². The lowest BCUT2D eigenvalue weighted by atomic mass is 9.95. The van der Waals surface area contributed by atoms with Crippen LogP contribution in [0.1, 0.15) is 40.0 Å². The van der Waals surface area contributed by atoms with Crippen LogP contribution in [0, 0.1) is 0 Å². The van der Waals surface area contributed by atoms with E-state index in [0.717, 1.165) is 0 Å². The van der Waals surface area contributed by atoms with Crippen molar-refractivity contribution in [1.29, 1.82) is 0 Å². The summed E-state index contributed by atoms with van der Waals surface area (Å²) in [6, 6.07) is 0. The molecule has 0 aromatic carbocycles. The van der Waals surface area contributed by atoms with E-state index in [4.69, 9.17) is 4.74 Å². The maximum atomic E-state index is 11.9. The second-order valence-electron chi connectivity index (χ2n) is 5.74. The molecule has 1 aliphatic rings. The molecule has 1 atom stereocenters. The molecule has 0 bridgehead atoms. The zero-order valence-electron chi connectivity index (χ0n) is 13.0. The van der Waals surface area contributed by atoms with E-state index >= 15 is 0 Å². The Bertz CT molecular complexity index is 337. The number of hydrogen-bond donors (Lipinski definition) is 0. The van der Waals surface area contributed by atoms with Gasteiger partial charge < -0.3 is 19.1 Å². The molecule has 1 unspecified atom stereocenters. The van der Waals surface area contributed by atoms with Crippen LogP contribution in [0.25, 0.3) is 0 Å². The van der Waals surface area contributed by atoms with Crippen molar-refractivity contribution in [3.05, 3.63) is 0 Å². The molecule has 1 saturated heterocycles. The highest BCUT2D eigenvalue weighted by atomic mass is 16.6. The van der Waals surface area contributed by atoms with Crippen LogP contribution in [0.5, 0.6) is 0 Å². The van der Waals surface area contributed by atoms with E-state index in [-0.39, 0.29) is 6.42 Å². The van der Waals surface area contributed by atoms with Crippen molar-refractivity contribution >= 4 is 18.7 Å². The molecule has 0 aliphatic carbocycles. The zero-order chi connectivity index (χ0) is 15.8. The number of methoxy groups -OCH3 is 1. The normalized spacial score (nSPS) is 21.8. The highest BCUT2D eigenvalue weighted by Gasteiger charge is 2.45. The van der Waals surface area contributed by atoms with Crippen LogP contribution in [0.4, 0.5) is 4.79 Å². The first kappa shape index (κ1) is 18.6. The molecular formula is C14H25NO5. The smallest absolute Gasteiger partial charge is 0.411 e. The molecule has 0 aromatic heterocycles. The average molecular weight is 287 g/mol. The lowest BCUT2D eigenvalue weighted by Gasteiger charge is -2.33. The third-order valence-corrected chi connectivity index (χ3v) is 2.80. The van der Waals surface area contributed by atoms with Crippen molar-refractivity contribution in [3.63, 3.8) is 0 Å². The van der Waals surface area contributed by atoms with Gasteiger partial charge in [-0.2, -0.15) is 0 Å². The minimum absolute atomic E-state index is 0.0374. The molecule has 1 aliphatic heterocycles. The minimum Gasteiger partial charge on any atom is -0.444 e. The average Bonchev–Trinajstić information content (AvgIpc) is 2.73. The highest BCUT2D eigenvalue weighted by molar-refractivity contribution is 5.80. The molecule has 1 amide bonds. The van der Waals surface area contributed by atoms with Gasteiger partial charge in [0.2, 0.25) is 0 Å². The summed E-state index contributed by atoms with van der Waals surface area (Å²) in [6.45, 7) is 5.76. The van der Waals surface area contributed by atoms with Crippen LogP contribution in [0.15, 0.2) is 0 Å². The lowest BCUT2D eigenvalue weighted by molar-refractivity contribution is -0.121. The van der Waals surface area contributed by atoms with E-state index in [0.29, 0.717) is 32.0 Å². The maximum absolute atomic E-state index is 11.9. The monoisotopic (exact) mass is 287 g/mol. The Balaban J connectivity index is 0.00000110. The number of carbonyl (C=O) groups excluding carboxylic acids is 3. The van der Waals surface area contributed by atoms with Gasteiger partial charge in [0.05, 0.1) is 0 Å². The molecule has 1 heterocycles. The number of likely N-dealkylation sites (tertiary alicyclic amines) is 1. The van der Waals surface area contributed by atoms with Crippen LogP contribution in [-0.2, 0) is 19.1 Å². The van der Waals surface area contributed by atoms with E-state index in [9.17, 15) is 14.4 Å². The van der Waals surface area contributed by atoms with E-state index < -0.39 is 17.2 Å². The Labute approximate surface area is 120 Å². The van der Waals surface area contributed by atoms with Crippen molar-refractivity contribution in [2.75, 3.05) is 20.8 Å². The SMILES string of the molecule is CC(C)(C)OC(=O)N1CCCC1(C=O)CC=O.COC. The number of aldehydes is 2. The first-order valence-corrected chi connectivity index (χ1v) is 6.57. The Morgan fingerprint density at radius 3 is 2.25 bits per heavy atom. The van der Waals surface area contributed by atoms with Crippen LogP contribution in [-0.4, -0.2) is 55.5 Å². The second kappa shape index (κ2) is 7.99. The molecule has 0 aromatic rings. The Hall–Kier alpha value is -1.43. The lowest BCUT2D eigenvalue weighted by Crippen LogP contribution is -2.50. The number of nitrogens with zero attached hydrogens (tertiary/aromatic N) is 1. The number of ether oxygens (including phenoxy) is 2. The van der Waals surface area contributed by atoms with Gasteiger partial charge in [0, 0.05) is 27.2 Å². The number of carbonyl (C=O) groups is 3. The van der Waals surface area contributed by atoms with Gasteiger partial charge in [-0.1, -0.05) is 0 Å². The van der Waals surface area contributed by atoms with Crippen LogP contribution < -0.4 is 0 Å². The summed E-state index contributed by atoms with van der Waals surface area (Å²) in [6.07, 6.45) is 2.12. The molecule has 116 valence electrons. The molecule has 1 rings (SSSR count). The Morgan fingerprint density at radius 2 is 1.85 bits per heavy atom. The minimum atomic E-state index is -0.996. The van der Waals surface area contributed by atoms with E-state index in [2.05, 4.69) is 4.74 Å². The van der Waals surface area contributed by atoms with Crippen molar-refractivity contribution in [1.82, 2.24) is 4.90 Å². The second-order valence-corrected chi connectivity index (χ2v) is 5.74. The number of hydrogen-bond acceptors (Lipinski definition) is 5. The summed E-state index contributed by atoms with van der Waals surface area (Å²) in [5.74, 6) is 0. The highest BCUT2D eigenvalue weighted by Crippen LogP contribution is 2.31. The Kier molecular flexibility index (Phi) is 7.42. The molecule has 0 radical (unpaired) electrons. The molecule has 0 N–H and O–H groups in total. The topological polar surface area (TPSA) is 72.9 Å². The first-order chi connectivity index (χ1) is 9.26. The standard InChI is InChI=1S/C12H19NO4.C2H6O/c1-11(2,3)17-10(16)13-7-4-5-12(13,9-15)6-8-14;1-3-2/h8-9H,4-7H2,1-3H3;1-2H3. The van der Waals surface area contributed by atoms with Gasteiger partial charge in [-0.3, -0.25) is 4.90 Å². The summed E-state index contributed by atoms with van der Waals surface area (Å²) in [7, 11) is 3.25. The third kappa shape index (κ3) is 5.28. The van der Waals surface area contributed by atoms with Gasteiger partial charge in [0.15, 0.2) is 0 Å². The van der Waals surface area contributed by atoms with Gasteiger partial charge in [-0.15, -0.1) is 0 Å². The van der Waals surface area contributed by atoms with Crippen molar-refractivity contribution < 1.29 is 23.9 Å². The predicted molar refractivity (Wildman–Crippen MR) is 74.6 cm³/mol. The Morgan fingerprint density at radius 1 is 1.30 bits per heavy atom. The van der Waals surface area contributed by atoms with E-state index in [1.165, 1.54) is 4.90 Å². The summed E-state index contributed by atoms with van der Waals surface area (Å²) < 4.78 is 9.49. The third-order valence-electron chi connectivity index (χ3n) is 2.80. The maximum Gasteiger partial charge on any atom is 0.411 e. The van der Waals surface area contributed by atoms with Gasteiger partial charge in [-0.05, 0) is 33.6 Å².